The zero-order valence-corrected chi connectivity index (χ0v) is 18.2. The van der Waals surface area contributed by atoms with Crippen LogP contribution < -0.4 is 5.43 Å². The van der Waals surface area contributed by atoms with Crippen LogP contribution in [0.1, 0.15) is 56.0 Å². The standard InChI is InChI=1S/C24H28N6O/c1-17-13-21(15-24(2,3)14-17)25-27-23(31)20-11-9-18(10-12-20)16-30-28-22(26-29-30)19-7-5-4-6-8-19/h4-12,17H,13-16H2,1-3H3,(H,27,31)/b25-21-. The Kier molecular flexibility index (Phi) is 5.93. The van der Waals surface area contributed by atoms with Gasteiger partial charge < -0.3 is 0 Å². The van der Waals surface area contributed by atoms with Crippen molar-refractivity contribution in [1.29, 1.82) is 0 Å². The van der Waals surface area contributed by atoms with Gasteiger partial charge in [-0.2, -0.15) is 9.90 Å². The molecule has 1 fully saturated rings. The molecule has 160 valence electrons. The van der Waals surface area contributed by atoms with E-state index in [-0.39, 0.29) is 11.3 Å². The quantitative estimate of drug-likeness (QED) is 0.628. The lowest BCUT2D eigenvalue weighted by atomic mass is 9.72. The lowest BCUT2D eigenvalue weighted by molar-refractivity contribution is 0.0954. The maximum atomic E-state index is 12.5. The van der Waals surface area contributed by atoms with Crippen molar-refractivity contribution in [3.05, 3.63) is 65.7 Å². The van der Waals surface area contributed by atoms with Crippen LogP contribution in [0, 0.1) is 11.3 Å². The molecule has 0 radical (unpaired) electrons. The first-order valence-corrected chi connectivity index (χ1v) is 10.7. The van der Waals surface area contributed by atoms with E-state index in [9.17, 15) is 4.79 Å². The summed E-state index contributed by atoms with van der Waals surface area (Å²) < 4.78 is 0. The van der Waals surface area contributed by atoms with Gasteiger partial charge >= 0.3 is 0 Å². The third kappa shape index (κ3) is 5.42. The zero-order valence-electron chi connectivity index (χ0n) is 18.2. The summed E-state index contributed by atoms with van der Waals surface area (Å²) in [6, 6.07) is 17.1. The van der Waals surface area contributed by atoms with E-state index in [1.165, 1.54) is 6.42 Å². The molecular formula is C24H28N6O. The van der Waals surface area contributed by atoms with Gasteiger partial charge in [-0.15, -0.1) is 10.2 Å². The number of benzene rings is 2. The summed E-state index contributed by atoms with van der Waals surface area (Å²) in [4.78, 5) is 14.1. The Morgan fingerprint density at radius 3 is 2.61 bits per heavy atom. The van der Waals surface area contributed by atoms with Gasteiger partial charge in [-0.25, -0.2) is 5.43 Å². The first-order chi connectivity index (χ1) is 14.9. The molecule has 1 saturated carbocycles. The topological polar surface area (TPSA) is 85.1 Å². The number of amides is 1. The molecule has 1 heterocycles. The predicted octanol–water partition coefficient (Wildman–Crippen LogP) is 4.32. The van der Waals surface area contributed by atoms with E-state index in [1.807, 2.05) is 42.5 Å². The molecule has 4 rings (SSSR count). The van der Waals surface area contributed by atoms with Gasteiger partial charge in [0.25, 0.3) is 5.91 Å². The number of carbonyl (C=O) groups is 1. The fraction of sp³-hybridized carbons (Fsp3) is 0.375. The maximum absolute atomic E-state index is 12.5. The zero-order chi connectivity index (χ0) is 21.8. The molecule has 0 bridgehead atoms. The lowest BCUT2D eigenvalue weighted by Crippen LogP contribution is -2.30. The van der Waals surface area contributed by atoms with Crippen LogP contribution in [0.25, 0.3) is 11.4 Å². The normalized spacial score (nSPS) is 19.3. The summed E-state index contributed by atoms with van der Waals surface area (Å²) in [5, 5.41) is 17.1. The van der Waals surface area contributed by atoms with Crippen LogP contribution in [0.2, 0.25) is 0 Å². The fourth-order valence-corrected chi connectivity index (χ4v) is 4.33. The number of rotatable bonds is 5. The van der Waals surface area contributed by atoms with Crippen LogP contribution in [0.4, 0.5) is 0 Å². The molecule has 1 atom stereocenters. The SMILES string of the molecule is CC1C/C(=N/NC(=O)c2ccc(Cn3nnc(-c4ccccc4)n3)cc2)CC(C)(C)C1. The second kappa shape index (κ2) is 8.79. The van der Waals surface area contributed by atoms with E-state index in [4.69, 9.17) is 0 Å². The largest absolute Gasteiger partial charge is 0.271 e. The first kappa shape index (κ1) is 20.9. The molecule has 3 aromatic rings. The second-order valence-corrected chi connectivity index (χ2v) is 9.18. The highest BCUT2D eigenvalue weighted by Crippen LogP contribution is 2.36. The van der Waals surface area contributed by atoms with Gasteiger partial charge in [0.2, 0.25) is 5.82 Å². The third-order valence-electron chi connectivity index (χ3n) is 5.51. The van der Waals surface area contributed by atoms with Crippen molar-refractivity contribution >= 4 is 11.6 Å². The highest BCUT2D eigenvalue weighted by Gasteiger charge is 2.29. The van der Waals surface area contributed by atoms with Gasteiger partial charge in [-0.3, -0.25) is 4.79 Å². The molecule has 7 nitrogen and oxygen atoms in total. The Balaban J connectivity index is 1.36. The van der Waals surface area contributed by atoms with Crippen LogP contribution in [0.3, 0.4) is 0 Å². The second-order valence-electron chi connectivity index (χ2n) is 9.18. The molecule has 2 aromatic carbocycles. The highest BCUT2D eigenvalue weighted by molar-refractivity contribution is 5.95. The van der Waals surface area contributed by atoms with Crippen molar-refractivity contribution in [3.8, 4) is 11.4 Å². The van der Waals surface area contributed by atoms with Crippen LogP contribution in [-0.2, 0) is 6.54 Å². The monoisotopic (exact) mass is 416 g/mol. The van der Waals surface area contributed by atoms with Gasteiger partial charge in [0.15, 0.2) is 0 Å². The minimum atomic E-state index is -0.194. The summed E-state index contributed by atoms with van der Waals surface area (Å²) in [5.41, 5.74) is 6.53. The van der Waals surface area contributed by atoms with E-state index in [0.29, 0.717) is 23.9 Å². The first-order valence-electron chi connectivity index (χ1n) is 10.7. The summed E-state index contributed by atoms with van der Waals surface area (Å²) >= 11 is 0. The number of hydrogen-bond acceptors (Lipinski definition) is 5. The molecule has 31 heavy (non-hydrogen) atoms. The lowest BCUT2D eigenvalue weighted by Gasteiger charge is -2.34. The third-order valence-corrected chi connectivity index (χ3v) is 5.51. The predicted molar refractivity (Wildman–Crippen MR) is 120 cm³/mol. The van der Waals surface area contributed by atoms with Crippen molar-refractivity contribution in [2.45, 2.75) is 46.6 Å². The van der Waals surface area contributed by atoms with Crippen LogP contribution >= 0.6 is 0 Å². The Bertz CT molecular complexity index is 1070. The minimum absolute atomic E-state index is 0.194. The van der Waals surface area contributed by atoms with Gasteiger partial charge in [0, 0.05) is 16.8 Å². The van der Waals surface area contributed by atoms with Gasteiger partial charge in [0.05, 0.1) is 6.54 Å². The Morgan fingerprint density at radius 2 is 1.90 bits per heavy atom. The molecule has 1 aliphatic carbocycles. The van der Waals surface area contributed by atoms with E-state index in [2.05, 4.69) is 46.7 Å². The number of hydrogen-bond donors (Lipinski definition) is 1. The van der Waals surface area contributed by atoms with Crippen molar-refractivity contribution < 1.29 is 4.79 Å². The Labute approximate surface area is 182 Å². The number of hydrazone groups is 1. The van der Waals surface area contributed by atoms with Crippen LogP contribution in [0.5, 0.6) is 0 Å². The Morgan fingerprint density at radius 1 is 1.16 bits per heavy atom. The van der Waals surface area contributed by atoms with E-state index in [1.54, 1.807) is 16.9 Å². The molecule has 0 aliphatic heterocycles. The Hall–Kier alpha value is -3.35. The van der Waals surface area contributed by atoms with Crippen molar-refractivity contribution in [2.75, 3.05) is 0 Å². The number of nitrogens with zero attached hydrogens (tertiary/aromatic N) is 5. The molecule has 1 unspecified atom stereocenters. The minimum Gasteiger partial charge on any atom is -0.267 e. The number of tetrazole rings is 1. The average Bonchev–Trinajstić information content (AvgIpc) is 3.20. The summed E-state index contributed by atoms with van der Waals surface area (Å²) in [7, 11) is 0. The molecule has 1 aliphatic rings. The average molecular weight is 417 g/mol. The van der Waals surface area contributed by atoms with Crippen LogP contribution in [-0.4, -0.2) is 31.8 Å². The smallest absolute Gasteiger partial charge is 0.267 e. The van der Waals surface area contributed by atoms with Crippen molar-refractivity contribution in [1.82, 2.24) is 25.6 Å². The van der Waals surface area contributed by atoms with Crippen molar-refractivity contribution in [2.24, 2.45) is 16.4 Å². The summed E-state index contributed by atoms with van der Waals surface area (Å²) in [6.07, 6.45) is 3.06. The van der Waals surface area contributed by atoms with Gasteiger partial charge in [-0.1, -0.05) is 63.2 Å². The summed E-state index contributed by atoms with van der Waals surface area (Å²) in [5.74, 6) is 0.989. The van der Waals surface area contributed by atoms with Crippen molar-refractivity contribution in [3.63, 3.8) is 0 Å². The van der Waals surface area contributed by atoms with E-state index in [0.717, 1.165) is 29.7 Å². The molecule has 1 aromatic heterocycles. The molecule has 1 amide bonds. The fourth-order valence-electron chi connectivity index (χ4n) is 4.33. The number of carbonyl (C=O) groups excluding carboxylic acids is 1. The number of nitrogens with one attached hydrogen (secondary N) is 1. The summed E-state index contributed by atoms with van der Waals surface area (Å²) in [6.45, 7) is 7.23. The van der Waals surface area contributed by atoms with E-state index >= 15 is 0 Å². The molecule has 1 N–H and O–H groups in total. The number of aromatic nitrogens is 4. The maximum Gasteiger partial charge on any atom is 0.271 e. The van der Waals surface area contributed by atoms with Crippen LogP contribution in [0.15, 0.2) is 59.7 Å². The molecule has 0 saturated heterocycles. The van der Waals surface area contributed by atoms with E-state index < -0.39 is 0 Å². The van der Waals surface area contributed by atoms with Gasteiger partial charge in [-0.05, 0) is 53.5 Å². The highest BCUT2D eigenvalue weighted by atomic mass is 16.2. The molecule has 7 heteroatoms. The van der Waals surface area contributed by atoms with Gasteiger partial charge in [0.1, 0.15) is 0 Å². The molecular weight excluding hydrogens is 388 g/mol. The molecule has 0 spiro atoms.